The van der Waals surface area contributed by atoms with E-state index in [0.29, 0.717) is 28.8 Å². The summed E-state index contributed by atoms with van der Waals surface area (Å²) >= 11 is 0. The van der Waals surface area contributed by atoms with Gasteiger partial charge in [0.2, 0.25) is 0 Å². The van der Waals surface area contributed by atoms with Crippen molar-refractivity contribution in [2.24, 2.45) is 0 Å². The molecule has 0 bridgehead atoms. The van der Waals surface area contributed by atoms with E-state index in [-0.39, 0.29) is 11.5 Å². The largest absolute Gasteiger partial charge is 0.497 e. The third kappa shape index (κ3) is 4.70. The van der Waals surface area contributed by atoms with Crippen LogP contribution in [0.5, 0.6) is 5.75 Å². The number of benzene rings is 3. The van der Waals surface area contributed by atoms with E-state index in [1.54, 1.807) is 31.4 Å². The van der Waals surface area contributed by atoms with Gasteiger partial charge in [-0.2, -0.15) is 0 Å². The Morgan fingerprint density at radius 3 is 1.68 bits per heavy atom. The van der Waals surface area contributed by atoms with Crippen LogP contribution in [0.25, 0.3) is 0 Å². The molecule has 2 N–H and O–H groups in total. The molecule has 0 atom stereocenters. The summed E-state index contributed by atoms with van der Waals surface area (Å²) in [6, 6.07) is 15.5. The minimum atomic E-state index is -0.837. The second-order valence-electron chi connectivity index (χ2n) is 5.87. The molecule has 0 aliphatic heterocycles. The fourth-order valence-corrected chi connectivity index (χ4v) is 2.47. The number of nitrogens with one attached hydrogen (secondary N) is 2. The molecule has 0 saturated carbocycles. The van der Waals surface area contributed by atoms with Crippen LogP contribution in [0.15, 0.2) is 66.7 Å². The second-order valence-corrected chi connectivity index (χ2v) is 5.87. The van der Waals surface area contributed by atoms with Gasteiger partial charge in [0.15, 0.2) is 0 Å². The van der Waals surface area contributed by atoms with Gasteiger partial charge in [0, 0.05) is 28.6 Å². The van der Waals surface area contributed by atoms with E-state index in [2.05, 4.69) is 10.6 Å². The lowest BCUT2D eigenvalue weighted by Crippen LogP contribution is -2.14. The summed E-state index contributed by atoms with van der Waals surface area (Å²) in [5.41, 5.74) is 1.23. The van der Waals surface area contributed by atoms with E-state index in [1.165, 1.54) is 24.3 Å². The van der Waals surface area contributed by atoms with Crippen LogP contribution in [0.3, 0.4) is 0 Å². The van der Waals surface area contributed by atoms with Crippen LogP contribution in [0, 0.1) is 11.6 Å². The SMILES string of the molecule is COc1ccc(NC(=O)c2ccc(NC(=O)c3cc(F)cc(F)c3)cc2)cc1. The fraction of sp³-hybridized carbons (Fsp3) is 0.0476. The number of methoxy groups -OCH3 is 1. The van der Waals surface area contributed by atoms with E-state index < -0.39 is 17.5 Å². The third-order valence-corrected chi connectivity index (χ3v) is 3.88. The number of rotatable bonds is 5. The van der Waals surface area contributed by atoms with Crippen LogP contribution in [0.4, 0.5) is 20.2 Å². The van der Waals surface area contributed by atoms with Gasteiger partial charge in [-0.3, -0.25) is 9.59 Å². The summed E-state index contributed by atoms with van der Waals surface area (Å²) in [6.45, 7) is 0. The zero-order chi connectivity index (χ0) is 20.1. The lowest BCUT2D eigenvalue weighted by Gasteiger charge is -2.08. The van der Waals surface area contributed by atoms with Crippen molar-refractivity contribution in [2.45, 2.75) is 0 Å². The Hall–Kier alpha value is -3.74. The minimum absolute atomic E-state index is 0.140. The highest BCUT2D eigenvalue weighted by molar-refractivity contribution is 6.06. The highest BCUT2D eigenvalue weighted by Crippen LogP contribution is 2.17. The maximum Gasteiger partial charge on any atom is 0.255 e. The Morgan fingerprint density at radius 2 is 1.18 bits per heavy atom. The summed E-state index contributed by atoms with van der Waals surface area (Å²) in [7, 11) is 1.55. The van der Waals surface area contributed by atoms with E-state index in [4.69, 9.17) is 4.74 Å². The van der Waals surface area contributed by atoms with E-state index in [1.807, 2.05) is 0 Å². The van der Waals surface area contributed by atoms with Crippen molar-refractivity contribution in [3.8, 4) is 5.75 Å². The van der Waals surface area contributed by atoms with Crippen molar-refractivity contribution in [1.29, 1.82) is 0 Å². The van der Waals surface area contributed by atoms with Crippen molar-refractivity contribution in [3.63, 3.8) is 0 Å². The van der Waals surface area contributed by atoms with Crippen molar-refractivity contribution in [2.75, 3.05) is 17.7 Å². The van der Waals surface area contributed by atoms with Gasteiger partial charge < -0.3 is 15.4 Å². The molecular formula is C21H16F2N2O3. The molecule has 3 aromatic rings. The normalized spacial score (nSPS) is 10.2. The van der Waals surface area contributed by atoms with Gasteiger partial charge in [-0.15, -0.1) is 0 Å². The van der Waals surface area contributed by atoms with Crippen molar-refractivity contribution in [1.82, 2.24) is 0 Å². The first-order chi connectivity index (χ1) is 13.4. The average Bonchev–Trinajstić information content (AvgIpc) is 2.68. The number of amides is 2. The first-order valence-electron chi connectivity index (χ1n) is 8.27. The van der Waals surface area contributed by atoms with Crippen LogP contribution in [-0.4, -0.2) is 18.9 Å². The highest BCUT2D eigenvalue weighted by atomic mass is 19.1. The van der Waals surface area contributed by atoms with E-state index >= 15 is 0 Å². The standard InChI is InChI=1S/C21H16F2N2O3/c1-28-19-8-6-18(7-9-19)24-20(26)13-2-4-17(5-3-13)25-21(27)14-10-15(22)12-16(23)11-14/h2-12H,1H3,(H,24,26)(H,25,27). The predicted octanol–water partition coefficient (Wildman–Crippen LogP) is 4.48. The highest BCUT2D eigenvalue weighted by Gasteiger charge is 2.11. The Bertz CT molecular complexity index is 983. The van der Waals surface area contributed by atoms with Crippen LogP contribution < -0.4 is 15.4 Å². The lowest BCUT2D eigenvalue weighted by atomic mass is 10.1. The lowest BCUT2D eigenvalue weighted by molar-refractivity contribution is 0.101. The quantitative estimate of drug-likeness (QED) is 0.684. The monoisotopic (exact) mass is 382 g/mol. The molecule has 2 amide bonds. The van der Waals surface area contributed by atoms with Gasteiger partial charge in [0.1, 0.15) is 17.4 Å². The van der Waals surface area contributed by atoms with Gasteiger partial charge in [-0.05, 0) is 60.7 Å². The average molecular weight is 382 g/mol. The Labute approximate surface area is 160 Å². The summed E-state index contributed by atoms with van der Waals surface area (Å²) in [4.78, 5) is 24.4. The summed E-state index contributed by atoms with van der Waals surface area (Å²) < 4.78 is 31.5. The Kier molecular flexibility index (Phi) is 5.64. The van der Waals surface area contributed by atoms with Gasteiger partial charge >= 0.3 is 0 Å². The van der Waals surface area contributed by atoms with Gasteiger partial charge in [0.05, 0.1) is 7.11 Å². The van der Waals surface area contributed by atoms with Crippen LogP contribution >= 0.6 is 0 Å². The van der Waals surface area contributed by atoms with Crippen LogP contribution in [-0.2, 0) is 0 Å². The predicted molar refractivity (Wildman–Crippen MR) is 102 cm³/mol. The maximum atomic E-state index is 13.2. The number of ether oxygens (including phenoxy) is 1. The summed E-state index contributed by atoms with van der Waals surface area (Å²) in [6.07, 6.45) is 0. The molecule has 142 valence electrons. The van der Waals surface area contributed by atoms with Gasteiger partial charge in [-0.1, -0.05) is 0 Å². The smallest absolute Gasteiger partial charge is 0.255 e. The molecule has 0 heterocycles. The summed E-state index contributed by atoms with van der Waals surface area (Å²) in [5.74, 6) is -1.98. The third-order valence-electron chi connectivity index (χ3n) is 3.88. The maximum absolute atomic E-state index is 13.2. The first-order valence-corrected chi connectivity index (χ1v) is 8.27. The molecule has 3 rings (SSSR count). The number of hydrogen-bond donors (Lipinski definition) is 2. The molecular weight excluding hydrogens is 366 g/mol. The number of hydrogen-bond acceptors (Lipinski definition) is 3. The van der Waals surface area contributed by atoms with Gasteiger partial charge in [-0.25, -0.2) is 8.78 Å². The van der Waals surface area contributed by atoms with E-state index in [9.17, 15) is 18.4 Å². The molecule has 0 aliphatic rings. The Balaban J connectivity index is 1.65. The molecule has 0 unspecified atom stereocenters. The van der Waals surface area contributed by atoms with E-state index in [0.717, 1.165) is 12.1 Å². The number of halogens is 2. The second kappa shape index (κ2) is 8.30. The molecule has 0 radical (unpaired) electrons. The Morgan fingerprint density at radius 1 is 0.714 bits per heavy atom. The topological polar surface area (TPSA) is 67.4 Å². The first kappa shape index (κ1) is 19.0. The van der Waals surface area contributed by atoms with Crippen molar-refractivity contribution < 1.29 is 23.1 Å². The zero-order valence-electron chi connectivity index (χ0n) is 14.8. The number of carbonyl (C=O) groups is 2. The molecule has 0 aromatic heterocycles. The molecule has 0 spiro atoms. The summed E-state index contributed by atoms with van der Waals surface area (Å²) in [5, 5.41) is 5.27. The fourth-order valence-electron chi connectivity index (χ4n) is 2.47. The van der Waals surface area contributed by atoms with Crippen LogP contribution in [0.1, 0.15) is 20.7 Å². The number of carbonyl (C=O) groups excluding carboxylic acids is 2. The minimum Gasteiger partial charge on any atom is -0.497 e. The molecule has 7 heteroatoms. The van der Waals surface area contributed by atoms with Crippen LogP contribution in [0.2, 0.25) is 0 Å². The molecule has 0 fully saturated rings. The van der Waals surface area contributed by atoms with Gasteiger partial charge in [0.25, 0.3) is 11.8 Å². The molecule has 5 nitrogen and oxygen atoms in total. The number of anilines is 2. The molecule has 0 aliphatic carbocycles. The molecule has 3 aromatic carbocycles. The van der Waals surface area contributed by atoms with Crippen molar-refractivity contribution in [3.05, 3.63) is 89.5 Å². The zero-order valence-corrected chi connectivity index (χ0v) is 14.8. The van der Waals surface area contributed by atoms with Crippen molar-refractivity contribution >= 4 is 23.2 Å². The molecule has 28 heavy (non-hydrogen) atoms. The molecule has 0 saturated heterocycles.